The standard InChI is InChI=1S/C17H21BrN2/c1-4-9-19-16(10-12(2)3)17-14(18)11-13-7-5-6-8-15(13)20-17/h5-8,10-11,16,19H,4,9H2,1-3H3. The summed E-state index contributed by atoms with van der Waals surface area (Å²) in [5.41, 5.74) is 3.38. The smallest absolute Gasteiger partial charge is 0.0762 e. The molecule has 3 heteroatoms. The largest absolute Gasteiger partial charge is 0.305 e. The molecule has 0 fully saturated rings. The van der Waals surface area contributed by atoms with Gasteiger partial charge in [0.2, 0.25) is 0 Å². The Hall–Kier alpha value is -1.19. The van der Waals surface area contributed by atoms with Gasteiger partial charge in [0.05, 0.1) is 17.3 Å². The number of fused-ring (bicyclic) bond motifs is 1. The maximum atomic E-state index is 4.83. The van der Waals surface area contributed by atoms with Crippen molar-refractivity contribution in [3.63, 3.8) is 0 Å². The Morgan fingerprint density at radius 2 is 2.10 bits per heavy atom. The van der Waals surface area contributed by atoms with Gasteiger partial charge in [-0.1, -0.05) is 36.8 Å². The molecule has 0 aliphatic rings. The van der Waals surface area contributed by atoms with E-state index in [1.54, 1.807) is 0 Å². The Morgan fingerprint density at radius 3 is 2.80 bits per heavy atom. The van der Waals surface area contributed by atoms with Crippen LogP contribution in [0.1, 0.15) is 38.9 Å². The average Bonchev–Trinajstić information content (AvgIpc) is 2.42. The number of rotatable bonds is 5. The molecule has 2 nitrogen and oxygen atoms in total. The van der Waals surface area contributed by atoms with Gasteiger partial charge < -0.3 is 5.32 Å². The van der Waals surface area contributed by atoms with Crippen molar-refractivity contribution < 1.29 is 0 Å². The van der Waals surface area contributed by atoms with Crippen molar-refractivity contribution in [1.29, 1.82) is 0 Å². The van der Waals surface area contributed by atoms with E-state index >= 15 is 0 Å². The van der Waals surface area contributed by atoms with Gasteiger partial charge in [0, 0.05) is 9.86 Å². The molecule has 0 aliphatic heterocycles. The zero-order valence-electron chi connectivity index (χ0n) is 12.3. The molecule has 0 saturated carbocycles. The first-order valence-electron chi connectivity index (χ1n) is 7.05. The molecule has 20 heavy (non-hydrogen) atoms. The van der Waals surface area contributed by atoms with E-state index in [-0.39, 0.29) is 6.04 Å². The second kappa shape index (κ2) is 7.00. The number of hydrogen-bond acceptors (Lipinski definition) is 2. The van der Waals surface area contributed by atoms with E-state index < -0.39 is 0 Å². The zero-order chi connectivity index (χ0) is 14.5. The minimum Gasteiger partial charge on any atom is -0.305 e. The third-order valence-corrected chi connectivity index (χ3v) is 3.75. The third kappa shape index (κ3) is 3.68. The Balaban J connectivity index is 2.46. The fourth-order valence-corrected chi connectivity index (χ4v) is 2.77. The monoisotopic (exact) mass is 332 g/mol. The molecule has 2 aromatic rings. The predicted octanol–water partition coefficient (Wildman–Crippen LogP) is 5.00. The molecule has 106 valence electrons. The van der Waals surface area contributed by atoms with Gasteiger partial charge in [0.1, 0.15) is 0 Å². The third-order valence-electron chi connectivity index (χ3n) is 3.11. The highest BCUT2D eigenvalue weighted by Crippen LogP contribution is 2.27. The maximum absolute atomic E-state index is 4.83. The Bertz CT molecular complexity index is 615. The topological polar surface area (TPSA) is 24.9 Å². The van der Waals surface area contributed by atoms with Gasteiger partial charge in [-0.3, -0.25) is 0 Å². The van der Waals surface area contributed by atoms with Crippen LogP contribution in [0.2, 0.25) is 0 Å². The van der Waals surface area contributed by atoms with Crippen LogP contribution in [0.5, 0.6) is 0 Å². The number of pyridine rings is 1. The van der Waals surface area contributed by atoms with Crippen LogP contribution in [0.3, 0.4) is 0 Å². The summed E-state index contributed by atoms with van der Waals surface area (Å²) in [7, 11) is 0. The van der Waals surface area contributed by atoms with Crippen molar-refractivity contribution in [3.05, 3.63) is 52.1 Å². The van der Waals surface area contributed by atoms with Crippen molar-refractivity contribution >= 4 is 26.8 Å². The van der Waals surface area contributed by atoms with E-state index in [2.05, 4.69) is 66.3 Å². The van der Waals surface area contributed by atoms with Crippen molar-refractivity contribution in [1.82, 2.24) is 10.3 Å². The summed E-state index contributed by atoms with van der Waals surface area (Å²) in [6.45, 7) is 7.40. The molecule has 0 aliphatic carbocycles. The minimum atomic E-state index is 0.152. The van der Waals surface area contributed by atoms with E-state index in [4.69, 9.17) is 4.98 Å². The fraction of sp³-hybridized carbons (Fsp3) is 0.353. The van der Waals surface area contributed by atoms with Crippen LogP contribution in [0, 0.1) is 0 Å². The lowest BCUT2D eigenvalue weighted by atomic mass is 10.1. The molecule has 0 amide bonds. The van der Waals surface area contributed by atoms with Crippen LogP contribution < -0.4 is 5.32 Å². The van der Waals surface area contributed by atoms with Crippen LogP contribution in [0.4, 0.5) is 0 Å². The van der Waals surface area contributed by atoms with Gasteiger partial charge in [-0.25, -0.2) is 4.98 Å². The van der Waals surface area contributed by atoms with Gasteiger partial charge in [-0.05, 0) is 54.9 Å². The van der Waals surface area contributed by atoms with Crippen molar-refractivity contribution in [2.75, 3.05) is 6.54 Å². The minimum absolute atomic E-state index is 0.152. The summed E-state index contributed by atoms with van der Waals surface area (Å²) in [6.07, 6.45) is 3.34. The summed E-state index contributed by atoms with van der Waals surface area (Å²) in [4.78, 5) is 4.83. The van der Waals surface area contributed by atoms with E-state index in [0.29, 0.717) is 0 Å². The van der Waals surface area contributed by atoms with Gasteiger partial charge in [-0.2, -0.15) is 0 Å². The number of allylic oxidation sites excluding steroid dienone is 1. The van der Waals surface area contributed by atoms with E-state index in [1.807, 2.05) is 12.1 Å². The molecule has 0 bridgehead atoms. The first-order chi connectivity index (χ1) is 9.61. The number of aromatic nitrogens is 1. The number of benzene rings is 1. The van der Waals surface area contributed by atoms with Crippen LogP contribution in [-0.4, -0.2) is 11.5 Å². The summed E-state index contributed by atoms with van der Waals surface area (Å²) in [6, 6.07) is 10.5. The number of nitrogens with zero attached hydrogens (tertiary/aromatic N) is 1. The first kappa shape index (κ1) is 15.2. The highest BCUT2D eigenvalue weighted by molar-refractivity contribution is 9.10. The molecule has 1 N–H and O–H groups in total. The predicted molar refractivity (Wildman–Crippen MR) is 89.9 cm³/mol. The van der Waals surface area contributed by atoms with Crippen molar-refractivity contribution in [3.8, 4) is 0 Å². The summed E-state index contributed by atoms with van der Waals surface area (Å²) >= 11 is 3.67. The Labute approximate surface area is 129 Å². The number of nitrogens with one attached hydrogen (secondary N) is 1. The normalized spacial score (nSPS) is 12.4. The Kier molecular flexibility index (Phi) is 5.32. The Morgan fingerprint density at radius 1 is 1.35 bits per heavy atom. The highest BCUT2D eigenvalue weighted by Gasteiger charge is 2.14. The number of para-hydroxylation sites is 1. The van der Waals surface area contributed by atoms with Crippen LogP contribution >= 0.6 is 15.9 Å². The van der Waals surface area contributed by atoms with Crippen LogP contribution in [0.15, 0.2) is 46.5 Å². The van der Waals surface area contributed by atoms with E-state index in [9.17, 15) is 0 Å². The summed E-state index contributed by atoms with van der Waals surface area (Å²) in [5.74, 6) is 0. The van der Waals surface area contributed by atoms with Gasteiger partial charge >= 0.3 is 0 Å². The highest BCUT2D eigenvalue weighted by atomic mass is 79.9. The molecule has 1 aromatic heterocycles. The molecule has 2 rings (SSSR count). The van der Waals surface area contributed by atoms with Crippen LogP contribution in [0.25, 0.3) is 10.9 Å². The van der Waals surface area contributed by atoms with Crippen LogP contribution in [-0.2, 0) is 0 Å². The second-order valence-corrected chi connectivity index (χ2v) is 6.08. The second-order valence-electron chi connectivity index (χ2n) is 5.22. The van der Waals surface area contributed by atoms with E-state index in [0.717, 1.165) is 34.0 Å². The molecular formula is C17H21BrN2. The SMILES string of the molecule is CCCNC(C=C(C)C)c1nc2ccccc2cc1Br. The number of halogens is 1. The lowest BCUT2D eigenvalue weighted by molar-refractivity contribution is 0.597. The van der Waals surface area contributed by atoms with E-state index in [1.165, 1.54) is 5.57 Å². The van der Waals surface area contributed by atoms with Gasteiger partial charge in [0.25, 0.3) is 0 Å². The summed E-state index contributed by atoms with van der Waals surface area (Å²) in [5, 5.41) is 4.72. The van der Waals surface area contributed by atoms with Crippen molar-refractivity contribution in [2.24, 2.45) is 0 Å². The molecule has 1 atom stereocenters. The van der Waals surface area contributed by atoms with Gasteiger partial charge in [-0.15, -0.1) is 0 Å². The molecule has 0 spiro atoms. The fourth-order valence-electron chi connectivity index (χ4n) is 2.19. The van der Waals surface area contributed by atoms with Crippen molar-refractivity contribution in [2.45, 2.75) is 33.2 Å². The number of hydrogen-bond donors (Lipinski definition) is 1. The maximum Gasteiger partial charge on any atom is 0.0762 e. The lowest BCUT2D eigenvalue weighted by Crippen LogP contribution is -2.22. The average molecular weight is 333 g/mol. The molecule has 1 heterocycles. The summed E-state index contributed by atoms with van der Waals surface area (Å²) < 4.78 is 1.06. The molecule has 0 saturated heterocycles. The molecule has 0 radical (unpaired) electrons. The molecule has 1 unspecified atom stereocenters. The molecular weight excluding hydrogens is 312 g/mol. The quantitative estimate of drug-likeness (QED) is 0.779. The van der Waals surface area contributed by atoms with Gasteiger partial charge in [0.15, 0.2) is 0 Å². The lowest BCUT2D eigenvalue weighted by Gasteiger charge is -2.17. The first-order valence-corrected chi connectivity index (χ1v) is 7.84. The molecule has 1 aromatic carbocycles. The zero-order valence-corrected chi connectivity index (χ0v) is 13.9.